The monoisotopic (exact) mass is 301 g/mol. The Hall–Kier alpha value is -1.59. The van der Waals surface area contributed by atoms with Gasteiger partial charge < -0.3 is 8.94 Å². The maximum absolute atomic E-state index is 5.52. The smallest absolute Gasteiger partial charge is 0.140 e. The fourth-order valence-electron chi connectivity index (χ4n) is 3.51. The van der Waals surface area contributed by atoms with Crippen molar-refractivity contribution in [1.29, 1.82) is 0 Å². The highest BCUT2D eigenvalue weighted by Crippen LogP contribution is 2.25. The minimum atomic E-state index is 0.917. The van der Waals surface area contributed by atoms with E-state index in [1.165, 1.54) is 24.1 Å². The molecule has 1 aliphatic heterocycles. The van der Waals surface area contributed by atoms with E-state index in [0.29, 0.717) is 0 Å². The van der Waals surface area contributed by atoms with Gasteiger partial charge in [-0.3, -0.25) is 9.80 Å². The molecular weight excluding hydrogens is 278 g/mol. The molecule has 4 rings (SSSR count). The Morgan fingerprint density at radius 2 is 1.77 bits per heavy atom. The molecule has 2 aromatic heterocycles. The third-order valence-corrected chi connectivity index (χ3v) is 4.83. The second-order valence-corrected chi connectivity index (χ2v) is 6.37. The van der Waals surface area contributed by atoms with Gasteiger partial charge in [-0.15, -0.1) is 0 Å². The van der Waals surface area contributed by atoms with Crippen LogP contribution in [0.15, 0.2) is 27.3 Å². The standard InChI is InChI=1S/C17H23N3O2/c1-2-6-17-15(5-1)16(18-22-17)13-20-9-7-19(8-10-20)12-14-4-3-11-21-14/h3-4,11H,1-2,5-10,12-13H2. The van der Waals surface area contributed by atoms with Gasteiger partial charge in [0.15, 0.2) is 0 Å². The molecule has 118 valence electrons. The van der Waals surface area contributed by atoms with Crippen LogP contribution >= 0.6 is 0 Å². The largest absolute Gasteiger partial charge is 0.468 e. The van der Waals surface area contributed by atoms with Crippen LogP contribution in [0.2, 0.25) is 0 Å². The van der Waals surface area contributed by atoms with E-state index in [-0.39, 0.29) is 0 Å². The van der Waals surface area contributed by atoms with E-state index in [1.54, 1.807) is 6.26 Å². The minimum Gasteiger partial charge on any atom is -0.468 e. The van der Waals surface area contributed by atoms with Crippen molar-refractivity contribution < 1.29 is 8.94 Å². The molecule has 0 spiro atoms. The number of hydrogen-bond acceptors (Lipinski definition) is 5. The summed E-state index contributed by atoms with van der Waals surface area (Å²) in [5.74, 6) is 2.19. The molecule has 1 fully saturated rings. The fraction of sp³-hybridized carbons (Fsp3) is 0.588. The lowest BCUT2D eigenvalue weighted by atomic mass is 9.96. The highest BCUT2D eigenvalue weighted by Gasteiger charge is 2.23. The van der Waals surface area contributed by atoms with Crippen molar-refractivity contribution in [2.75, 3.05) is 26.2 Å². The molecule has 0 radical (unpaired) electrons. The summed E-state index contributed by atoms with van der Waals surface area (Å²) in [5, 5.41) is 4.33. The van der Waals surface area contributed by atoms with Crippen LogP contribution in [0, 0.1) is 0 Å². The van der Waals surface area contributed by atoms with E-state index in [9.17, 15) is 0 Å². The number of rotatable bonds is 4. The summed E-state index contributed by atoms with van der Waals surface area (Å²) >= 11 is 0. The summed E-state index contributed by atoms with van der Waals surface area (Å²) in [7, 11) is 0. The summed E-state index contributed by atoms with van der Waals surface area (Å²) < 4.78 is 11.0. The van der Waals surface area contributed by atoms with E-state index in [0.717, 1.165) is 63.6 Å². The maximum Gasteiger partial charge on any atom is 0.140 e. The molecule has 3 heterocycles. The molecule has 1 saturated heterocycles. The molecule has 0 bridgehead atoms. The van der Waals surface area contributed by atoms with E-state index in [4.69, 9.17) is 8.94 Å². The van der Waals surface area contributed by atoms with E-state index < -0.39 is 0 Å². The zero-order valence-electron chi connectivity index (χ0n) is 13.0. The molecule has 2 aromatic rings. The SMILES string of the molecule is c1coc(CN2CCN(Cc3noc4c3CCCC4)CC2)c1. The predicted octanol–water partition coefficient (Wildman–Crippen LogP) is 2.46. The summed E-state index contributed by atoms with van der Waals surface area (Å²) in [6, 6.07) is 4.01. The van der Waals surface area contributed by atoms with E-state index >= 15 is 0 Å². The molecule has 0 unspecified atom stereocenters. The molecule has 22 heavy (non-hydrogen) atoms. The van der Waals surface area contributed by atoms with Gasteiger partial charge in [-0.2, -0.15) is 0 Å². The van der Waals surface area contributed by atoms with Gasteiger partial charge >= 0.3 is 0 Å². The number of furan rings is 1. The average molecular weight is 301 g/mol. The van der Waals surface area contributed by atoms with Crippen LogP contribution in [0.1, 0.15) is 35.6 Å². The van der Waals surface area contributed by atoms with Gasteiger partial charge in [-0.05, 0) is 31.4 Å². The lowest BCUT2D eigenvalue weighted by Crippen LogP contribution is -2.45. The average Bonchev–Trinajstić information content (AvgIpc) is 3.20. The molecule has 0 aromatic carbocycles. The van der Waals surface area contributed by atoms with Gasteiger partial charge in [0.2, 0.25) is 0 Å². The molecule has 5 heteroatoms. The lowest BCUT2D eigenvalue weighted by molar-refractivity contribution is 0.114. The van der Waals surface area contributed by atoms with E-state index in [2.05, 4.69) is 15.0 Å². The normalized spacial score (nSPS) is 20.2. The molecule has 5 nitrogen and oxygen atoms in total. The summed E-state index contributed by atoms with van der Waals surface area (Å²) in [6.07, 6.45) is 6.48. The predicted molar refractivity (Wildman–Crippen MR) is 82.4 cm³/mol. The Kier molecular flexibility index (Phi) is 3.99. The molecule has 0 N–H and O–H groups in total. The first-order valence-electron chi connectivity index (χ1n) is 8.32. The van der Waals surface area contributed by atoms with Crippen molar-refractivity contribution in [3.63, 3.8) is 0 Å². The van der Waals surface area contributed by atoms with Gasteiger partial charge in [0.1, 0.15) is 17.2 Å². The van der Waals surface area contributed by atoms with E-state index in [1.807, 2.05) is 12.1 Å². The van der Waals surface area contributed by atoms with Crippen molar-refractivity contribution in [2.45, 2.75) is 38.8 Å². The van der Waals surface area contributed by atoms with Gasteiger partial charge in [-0.1, -0.05) is 5.16 Å². The van der Waals surface area contributed by atoms with Crippen LogP contribution < -0.4 is 0 Å². The molecule has 1 aliphatic carbocycles. The van der Waals surface area contributed by atoms with Crippen molar-refractivity contribution in [3.05, 3.63) is 41.2 Å². The summed E-state index contributed by atoms with van der Waals surface area (Å²) in [6.45, 7) is 6.19. The zero-order chi connectivity index (χ0) is 14.8. The van der Waals surface area contributed by atoms with Gasteiger partial charge in [0.25, 0.3) is 0 Å². The Bertz CT molecular complexity index is 597. The first kappa shape index (κ1) is 14.0. The molecule has 0 amide bonds. The zero-order valence-corrected chi connectivity index (χ0v) is 13.0. The van der Waals surface area contributed by atoms with Crippen LogP contribution in [0.5, 0.6) is 0 Å². The van der Waals surface area contributed by atoms with Crippen LogP contribution in [0.4, 0.5) is 0 Å². The van der Waals surface area contributed by atoms with Crippen LogP contribution in [0.3, 0.4) is 0 Å². The number of aromatic nitrogens is 1. The Morgan fingerprint density at radius 3 is 2.55 bits per heavy atom. The van der Waals surface area contributed by atoms with Gasteiger partial charge in [-0.25, -0.2) is 0 Å². The van der Waals surface area contributed by atoms with Crippen molar-refractivity contribution in [3.8, 4) is 0 Å². The Labute approximate surface area is 130 Å². The van der Waals surface area contributed by atoms with Gasteiger partial charge in [0.05, 0.1) is 12.8 Å². The fourth-order valence-corrected chi connectivity index (χ4v) is 3.51. The molecule has 0 atom stereocenters. The quantitative estimate of drug-likeness (QED) is 0.868. The van der Waals surface area contributed by atoms with Crippen LogP contribution in [-0.4, -0.2) is 41.1 Å². The van der Waals surface area contributed by atoms with Crippen molar-refractivity contribution in [1.82, 2.24) is 15.0 Å². The topological polar surface area (TPSA) is 45.7 Å². The summed E-state index contributed by atoms with van der Waals surface area (Å²) in [4.78, 5) is 4.94. The number of nitrogens with zero attached hydrogens (tertiary/aromatic N) is 3. The number of piperazine rings is 1. The van der Waals surface area contributed by atoms with Gasteiger partial charge in [0, 0.05) is 44.7 Å². The Balaban J connectivity index is 1.31. The maximum atomic E-state index is 5.52. The number of aryl methyl sites for hydroxylation is 1. The summed E-state index contributed by atoms with van der Waals surface area (Å²) in [5.41, 5.74) is 2.57. The molecular formula is C17H23N3O2. The number of fused-ring (bicyclic) bond motifs is 1. The molecule has 2 aliphatic rings. The van der Waals surface area contributed by atoms with Crippen molar-refractivity contribution >= 4 is 0 Å². The van der Waals surface area contributed by atoms with Crippen LogP contribution in [0.25, 0.3) is 0 Å². The first-order valence-corrected chi connectivity index (χ1v) is 8.32. The lowest BCUT2D eigenvalue weighted by Gasteiger charge is -2.33. The highest BCUT2D eigenvalue weighted by molar-refractivity contribution is 5.25. The molecule has 0 saturated carbocycles. The van der Waals surface area contributed by atoms with Crippen LogP contribution in [-0.2, 0) is 25.9 Å². The Morgan fingerprint density at radius 1 is 1.00 bits per heavy atom. The minimum absolute atomic E-state index is 0.917. The second kappa shape index (κ2) is 6.26. The first-order chi connectivity index (χ1) is 10.9. The third kappa shape index (κ3) is 2.96. The third-order valence-electron chi connectivity index (χ3n) is 4.83. The van der Waals surface area contributed by atoms with Crippen molar-refractivity contribution in [2.24, 2.45) is 0 Å². The number of hydrogen-bond donors (Lipinski definition) is 0. The second-order valence-electron chi connectivity index (χ2n) is 6.37. The highest BCUT2D eigenvalue weighted by atomic mass is 16.5.